The van der Waals surface area contributed by atoms with Crippen LogP contribution in [0.5, 0.6) is 5.75 Å². The number of amides is 1. The number of rotatable bonds is 6. The number of carbonyl (C=O) groups is 1. The van der Waals surface area contributed by atoms with Crippen molar-refractivity contribution in [2.24, 2.45) is 0 Å². The zero-order chi connectivity index (χ0) is 24.6. The van der Waals surface area contributed by atoms with Crippen molar-refractivity contribution >= 4 is 15.9 Å². The highest BCUT2D eigenvalue weighted by atomic mass is 32.2. The van der Waals surface area contributed by atoms with Crippen LogP contribution in [0.25, 0.3) is 0 Å². The summed E-state index contributed by atoms with van der Waals surface area (Å²) in [4.78, 5) is 14.5. The fourth-order valence-electron chi connectivity index (χ4n) is 4.30. The Hall–Kier alpha value is -2.54. The topological polar surface area (TPSA) is 131 Å². The van der Waals surface area contributed by atoms with Crippen molar-refractivity contribution < 1.29 is 36.7 Å². The number of aliphatic hydroxyl groups is 1. The second-order valence-corrected chi connectivity index (χ2v) is 10.9. The minimum atomic E-state index is -3.51. The average molecular weight is 498 g/mol. The Balaban J connectivity index is 1.34. The van der Waals surface area contributed by atoms with E-state index in [9.17, 15) is 22.7 Å². The number of carbonyl (C=O) groups excluding carboxylic acids is 1. The number of para-hydroxylation sites is 1. The molecule has 0 saturated carbocycles. The molecule has 0 bridgehead atoms. The third kappa shape index (κ3) is 5.57. The first-order chi connectivity index (χ1) is 16.0. The molecule has 2 fully saturated rings. The van der Waals surface area contributed by atoms with Gasteiger partial charge in [-0.2, -0.15) is 0 Å². The van der Waals surface area contributed by atoms with E-state index < -0.39 is 33.1 Å². The van der Waals surface area contributed by atoms with E-state index >= 15 is 0 Å². The lowest BCUT2D eigenvalue weighted by atomic mass is 9.78. The van der Waals surface area contributed by atoms with E-state index in [1.54, 1.807) is 24.0 Å². The van der Waals surface area contributed by atoms with Crippen LogP contribution in [0.3, 0.4) is 0 Å². The summed E-state index contributed by atoms with van der Waals surface area (Å²) in [6.07, 6.45) is 2.33. The van der Waals surface area contributed by atoms with Gasteiger partial charge in [0.05, 0.1) is 24.5 Å². The molecule has 2 saturated heterocycles. The quantitative estimate of drug-likeness (QED) is 0.613. The van der Waals surface area contributed by atoms with Gasteiger partial charge in [0.25, 0.3) is 5.91 Å². The zero-order valence-electron chi connectivity index (χ0n) is 19.0. The molecular formula is C22H28FN3O7S. The van der Waals surface area contributed by atoms with Gasteiger partial charge in [0.2, 0.25) is 10.0 Å². The van der Waals surface area contributed by atoms with Crippen LogP contribution < -0.4 is 9.46 Å². The summed E-state index contributed by atoms with van der Waals surface area (Å²) in [7, 11) is -3.51. The Kier molecular flexibility index (Phi) is 6.69. The van der Waals surface area contributed by atoms with Crippen molar-refractivity contribution in [1.29, 1.82) is 0 Å². The van der Waals surface area contributed by atoms with Crippen LogP contribution in [0.1, 0.15) is 42.4 Å². The van der Waals surface area contributed by atoms with Gasteiger partial charge >= 0.3 is 0 Å². The third-order valence-electron chi connectivity index (χ3n) is 6.30. The Labute approximate surface area is 197 Å². The number of piperidine rings is 1. The third-order valence-corrected chi connectivity index (χ3v) is 7.01. The van der Waals surface area contributed by atoms with Crippen molar-refractivity contribution in [3.63, 3.8) is 0 Å². The Morgan fingerprint density at radius 2 is 2.06 bits per heavy atom. The number of ether oxygens (including phenoxy) is 2. The molecule has 0 unspecified atom stereocenters. The maximum absolute atomic E-state index is 13.7. The SMILES string of the molecule is C[C@]1(O)COC2(CCN(C(=O)c3cc(COc4ccccc4F)on3)CC2)C[C@@H]1NS(C)(=O)=O. The molecule has 4 rings (SSSR count). The van der Waals surface area contributed by atoms with E-state index in [1.165, 1.54) is 18.2 Å². The molecule has 0 radical (unpaired) electrons. The molecule has 1 aromatic heterocycles. The monoisotopic (exact) mass is 497 g/mol. The summed E-state index contributed by atoms with van der Waals surface area (Å²) < 4.78 is 56.2. The normalized spacial score (nSPS) is 24.8. The van der Waals surface area contributed by atoms with Crippen molar-refractivity contribution in [1.82, 2.24) is 14.8 Å². The summed E-state index contributed by atoms with van der Waals surface area (Å²) in [6.45, 7) is 2.20. The molecule has 12 heteroatoms. The van der Waals surface area contributed by atoms with E-state index in [4.69, 9.17) is 14.0 Å². The van der Waals surface area contributed by atoms with Crippen molar-refractivity contribution in [2.75, 3.05) is 26.0 Å². The van der Waals surface area contributed by atoms with Crippen LogP contribution in [-0.4, -0.2) is 72.7 Å². The lowest BCUT2D eigenvalue weighted by Gasteiger charge is -2.50. The molecule has 186 valence electrons. The number of hydrogen-bond donors (Lipinski definition) is 2. The summed E-state index contributed by atoms with van der Waals surface area (Å²) in [5.74, 6) is -0.457. The maximum atomic E-state index is 13.7. The van der Waals surface area contributed by atoms with Gasteiger partial charge in [-0.25, -0.2) is 17.5 Å². The first kappa shape index (κ1) is 24.6. The average Bonchev–Trinajstić information content (AvgIpc) is 3.24. The van der Waals surface area contributed by atoms with Crippen molar-refractivity contribution in [3.05, 3.63) is 47.6 Å². The summed E-state index contributed by atoms with van der Waals surface area (Å²) in [5, 5.41) is 14.4. The van der Waals surface area contributed by atoms with E-state index in [2.05, 4.69) is 9.88 Å². The summed E-state index contributed by atoms with van der Waals surface area (Å²) in [5.41, 5.74) is -1.85. The standard InChI is InChI=1S/C22H28FN3O7S/c1-21(28)14-32-22(12-19(21)25-34(2,29)30)7-9-26(10-8-22)20(27)17-11-15(33-24-17)13-31-18-6-4-3-5-16(18)23/h3-6,11,19,25,28H,7-10,12-14H2,1-2H3/t19-,21-/m0/s1. The molecule has 1 aromatic carbocycles. The second kappa shape index (κ2) is 9.25. The number of nitrogens with one attached hydrogen (secondary N) is 1. The predicted octanol–water partition coefficient (Wildman–Crippen LogP) is 1.46. The van der Waals surface area contributed by atoms with Gasteiger partial charge in [0.1, 0.15) is 12.2 Å². The van der Waals surface area contributed by atoms with E-state index in [0.29, 0.717) is 32.4 Å². The molecule has 3 heterocycles. The number of benzene rings is 1. The van der Waals surface area contributed by atoms with Crippen LogP contribution in [-0.2, 0) is 21.4 Å². The predicted molar refractivity (Wildman–Crippen MR) is 118 cm³/mol. The van der Waals surface area contributed by atoms with Crippen LogP contribution in [0.15, 0.2) is 34.9 Å². The molecule has 2 atom stereocenters. The minimum absolute atomic E-state index is 0.0111. The smallest absolute Gasteiger partial charge is 0.276 e. The van der Waals surface area contributed by atoms with E-state index in [0.717, 1.165) is 6.26 Å². The molecule has 2 N–H and O–H groups in total. The highest BCUT2D eigenvalue weighted by Gasteiger charge is 2.49. The van der Waals surface area contributed by atoms with Gasteiger partial charge in [-0.05, 0) is 38.3 Å². The molecule has 34 heavy (non-hydrogen) atoms. The first-order valence-corrected chi connectivity index (χ1v) is 12.8. The molecule has 2 aliphatic heterocycles. The van der Waals surface area contributed by atoms with Gasteiger partial charge in [0.15, 0.2) is 23.0 Å². The summed E-state index contributed by atoms with van der Waals surface area (Å²) >= 11 is 0. The molecular weight excluding hydrogens is 469 g/mol. The second-order valence-electron chi connectivity index (χ2n) is 9.17. The van der Waals surface area contributed by atoms with Gasteiger partial charge in [-0.1, -0.05) is 17.3 Å². The number of likely N-dealkylation sites (tertiary alicyclic amines) is 1. The molecule has 2 aromatic rings. The van der Waals surface area contributed by atoms with E-state index in [-0.39, 0.29) is 36.3 Å². The van der Waals surface area contributed by atoms with Crippen molar-refractivity contribution in [3.8, 4) is 5.75 Å². The molecule has 1 spiro atoms. The highest BCUT2D eigenvalue weighted by Crippen LogP contribution is 2.38. The van der Waals surface area contributed by atoms with Crippen LogP contribution in [0.2, 0.25) is 0 Å². The number of halogens is 1. The minimum Gasteiger partial charge on any atom is -0.482 e. The Morgan fingerprint density at radius 3 is 2.74 bits per heavy atom. The summed E-state index contributed by atoms with van der Waals surface area (Å²) in [6, 6.07) is 6.75. The van der Waals surface area contributed by atoms with Crippen LogP contribution >= 0.6 is 0 Å². The van der Waals surface area contributed by atoms with Gasteiger partial charge in [-0.3, -0.25) is 4.79 Å². The Bertz CT molecular complexity index is 1140. The highest BCUT2D eigenvalue weighted by molar-refractivity contribution is 7.88. The van der Waals surface area contributed by atoms with Gasteiger partial charge in [0, 0.05) is 19.2 Å². The first-order valence-electron chi connectivity index (χ1n) is 10.9. The Morgan fingerprint density at radius 1 is 1.35 bits per heavy atom. The largest absolute Gasteiger partial charge is 0.482 e. The van der Waals surface area contributed by atoms with Crippen LogP contribution in [0, 0.1) is 5.82 Å². The fourth-order valence-corrected chi connectivity index (χ4v) is 5.15. The van der Waals surface area contributed by atoms with Gasteiger partial charge < -0.3 is 24.0 Å². The van der Waals surface area contributed by atoms with Crippen molar-refractivity contribution in [2.45, 2.75) is 50.0 Å². The molecule has 0 aliphatic carbocycles. The number of sulfonamides is 1. The lowest BCUT2D eigenvalue weighted by molar-refractivity contribution is -0.187. The maximum Gasteiger partial charge on any atom is 0.276 e. The molecule has 1 amide bonds. The van der Waals surface area contributed by atoms with E-state index in [1.807, 2.05) is 0 Å². The zero-order valence-corrected chi connectivity index (χ0v) is 19.8. The molecule has 2 aliphatic rings. The lowest BCUT2D eigenvalue weighted by Crippen LogP contribution is -2.64. The fraction of sp³-hybridized carbons (Fsp3) is 0.545. The molecule has 10 nitrogen and oxygen atoms in total. The number of nitrogens with zero attached hydrogens (tertiary/aromatic N) is 2. The van der Waals surface area contributed by atoms with Gasteiger partial charge in [-0.15, -0.1) is 0 Å². The van der Waals surface area contributed by atoms with Crippen LogP contribution in [0.4, 0.5) is 4.39 Å². The number of aromatic nitrogens is 1. The number of hydrogen-bond acceptors (Lipinski definition) is 8.